The van der Waals surface area contributed by atoms with E-state index in [4.69, 9.17) is 11.6 Å². The summed E-state index contributed by atoms with van der Waals surface area (Å²) in [5.41, 5.74) is 0.616. The average Bonchev–Trinajstić information content (AvgIpc) is 1.98. The van der Waals surface area contributed by atoms with Gasteiger partial charge in [0.1, 0.15) is 5.83 Å². The number of hydrogen-bond acceptors (Lipinski definition) is 0. The molecule has 0 heterocycles. The Morgan fingerprint density at radius 3 is 2.70 bits per heavy atom. The van der Waals surface area contributed by atoms with Gasteiger partial charge >= 0.3 is 0 Å². The van der Waals surface area contributed by atoms with Crippen molar-refractivity contribution in [3.63, 3.8) is 0 Å². The van der Waals surface area contributed by atoms with Crippen molar-refractivity contribution in [2.24, 2.45) is 0 Å². The van der Waals surface area contributed by atoms with Crippen LogP contribution < -0.4 is 0 Å². The summed E-state index contributed by atoms with van der Waals surface area (Å²) in [7, 11) is 0. The van der Waals surface area contributed by atoms with Crippen LogP contribution in [0.1, 0.15) is 19.8 Å². The van der Waals surface area contributed by atoms with E-state index < -0.39 is 0 Å². The second-order valence-corrected chi connectivity index (χ2v) is 2.46. The van der Waals surface area contributed by atoms with Crippen molar-refractivity contribution in [3.8, 4) is 0 Å². The Morgan fingerprint density at radius 2 is 2.30 bits per heavy atom. The zero-order valence-electron chi connectivity index (χ0n) is 6.16. The molecule has 0 aliphatic rings. The summed E-state index contributed by atoms with van der Waals surface area (Å²) in [6, 6.07) is 0. The maximum absolute atomic E-state index is 12.7. The molecule has 2 heteroatoms. The van der Waals surface area contributed by atoms with Gasteiger partial charge in [0.2, 0.25) is 0 Å². The Bertz CT molecular complexity index is 138. The first-order chi connectivity index (χ1) is 4.72. The molecule has 0 aliphatic heterocycles. The number of halogens is 2. The summed E-state index contributed by atoms with van der Waals surface area (Å²) >= 11 is 5.38. The third kappa shape index (κ3) is 3.67. The molecule has 0 aromatic carbocycles. The summed E-state index contributed by atoms with van der Waals surface area (Å²) in [6.07, 6.45) is 2.64. The smallest absolute Gasteiger partial charge is 0.103 e. The van der Waals surface area contributed by atoms with E-state index in [1.807, 2.05) is 0 Å². The van der Waals surface area contributed by atoms with Crippen LogP contribution in [0.4, 0.5) is 4.39 Å². The molecular formula is C8H12ClF. The largest absolute Gasteiger partial charge is 0.212 e. The molecule has 0 rings (SSSR count). The molecule has 0 fully saturated rings. The highest BCUT2D eigenvalue weighted by Gasteiger charge is 1.96. The summed E-state index contributed by atoms with van der Waals surface area (Å²) < 4.78 is 12.7. The van der Waals surface area contributed by atoms with Gasteiger partial charge in [0, 0.05) is 12.3 Å². The van der Waals surface area contributed by atoms with Crippen molar-refractivity contribution in [2.75, 3.05) is 5.88 Å². The molecule has 10 heavy (non-hydrogen) atoms. The quantitative estimate of drug-likeness (QED) is 0.439. The van der Waals surface area contributed by atoms with E-state index in [0.29, 0.717) is 24.3 Å². The normalized spacial score (nSPS) is 12.7. The van der Waals surface area contributed by atoms with Crippen LogP contribution in [-0.2, 0) is 0 Å². The van der Waals surface area contributed by atoms with Crippen molar-refractivity contribution in [1.29, 1.82) is 0 Å². The number of allylic oxidation sites excluding steroid dienone is 3. The van der Waals surface area contributed by atoms with Crippen LogP contribution in [0.5, 0.6) is 0 Å². The number of rotatable bonds is 4. The van der Waals surface area contributed by atoms with Gasteiger partial charge in [0.15, 0.2) is 0 Å². The summed E-state index contributed by atoms with van der Waals surface area (Å²) in [5.74, 6) is 0.410. The van der Waals surface area contributed by atoms with Crippen molar-refractivity contribution in [3.05, 3.63) is 24.1 Å². The van der Waals surface area contributed by atoms with Crippen molar-refractivity contribution < 1.29 is 4.39 Å². The Labute approximate surface area is 66.4 Å². The van der Waals surface area contributed by atoms with E-state index in [0.717, 1.165) is 0 Å². The van der Waals surface area contributed by atoms with Crippen molar-refractivity contribution >= 4 is 11.6 Å². The third-order valence-corrected chi connectivity index (χ3v) is 1.53. The highest BCUT2D eigenvalue weighted by Crippen LogP contribution is 2.13. The summed E-state index contributed by atoms with van der Waals surface area (Å²) in [4.78, 5) is 0. The van der Waals surface area contributed by atoms with Crippen molar-refractivity contribution in [1.82, 2.24) is 0 Å². The predicted molar refractivity (Wildman–Crippen MR) is 44.0 cm³/mol. The van der Waals surface area contributed by atoms with Crippen LogP contribution in [0.25, 0.3) is 0 Å². The molecule has 0 saturated heterocycles. The second-order valence-electron chi connectivity index (χ2n) is 2.08. The topological polar surface area (TPSA) is 0 Å². The fourth-order valence-corrected chi connectivity index (χ4v) is 0.664. The van der Waals surface area contributed by atoms with Gasteiger partial charge in [-0.05, 0) is 18.9 Å². The zero-order valence-corrected chi connectivity index (χ0v) is 6.92. The third-order valence-electron chi connectivity index (χ3n) is 1.26. The van der Waals surface area contributed by atoms with Gasteiger partial charge in [-0.3, -0.25) is 0 Å². The zero-order chi connectivity index (χ0) is 7.98. The molecule has 0 nitrogen and oxygen atoms in total. The Balaban J connectivity index is 3.79. The van der Waals surface area contributed by atoms with Gasteiger partial charge in [-0.1, -0.05) is 12.7 Å². The summed E-state index contributed by atoms with van der Waals surface area (Å²) in [6.45, 7) is 5.16. The van der Waals surface area contributed by atoms with Crippen LogP contribution in [0.2, 0.25) is 0 Å². The highest BCUT2D eigenvalue weighted by molar-refractivity contribution is 6.17. The first-order valence-electron chi connectivity index (χ1n) is 3.26. The monoisotopic (exact) mass is 162 g/mol. The molecular weight excluding hydrogens is 151 g/mol. The standard InChI is InChI=1S/C8H12ClF/c1-3-7(2)8(10)5-4-6-9/h3H,1,4-6H2,2H3/b8-7+. The molecule has 0 aliphatic carbocycles. The van der Waals surface area contributed by atoms with E-state index in [-0.39, 0.29) is 5.83 Å². The molecule has 0 radical (unpaired) electrons. The minimum atomic E-state index is -0.101. The second kappa shape index (κ2) is 5.48. The van der Waals surface area contributed by atoms with Crippen LogP contribution in [-0.4, -0.2) is 5.88 Å². The first-order valence-corrected chi connectivity index (χ1v) is 3.79. The van der Waals surface area contributed by atoms with Gasteiger partial charge in [-0.25, -0.2) is 4.39 Å². The predicted octanol–water partition coefficient (Wildman–Crippen LogP) is 3.43. The fourth-order valence-electron chi connectivity index (χ4n) is 0.530. The SMILES string of the molecule is C=C/C(C)=C(/F)CCCCl. The van der Waals surface area contributed by atoms with E-state index >= 15 is 0 Å². The molecule has 0 unspecified atom stereocenters. The lowest BCUT2D eigenvalue weighted by Crippen LogP contribution is -1.81. The van der Waals surface area contributed by atoms with E-state index in [9.17, 15) is 4.39 Å². The molecule has 0 amide bonds. The van der Waals surface area contributed by atoms with Gasteiger partial charge in [-0.2, -0.15) is 0 Å². The summed E-state index contributed by atoms with van der Waals surface area (Å²) in [5, 5.41) is 0. The number of hydrogen-bond donors (Lipinski definition) is 0. The highest BCUT2D eigenvalue weighted by atomic mass is 35.5. The Kier molecular flexibility index (Phi) is 5.32. The Morgan fingerprint density at radius 1 is 1.70 bits per heavy atom. The molecule has 0 aromatic rings. The lowest BCUT2D eigenvalue weighted by molar-refractivity contribution is 0.576. The van der Waals surface area contributed by atoms with E-state index in [1.54, 1.807) is 6.92 Å². The molecule has 0 atom stereocenters. The maximum atomic E-state index is 12.7. The minimum Gasteiger partial charge on any atom is -0.212 e. The average molecular weight is 163 g/mol. The van der Waals surface area contributed by atoms with Gasteiger partial charge in [0.25, 0.3) is 0 Å². The molecule has 0 saturated carbocycles. The molecule has 0 N–H and O–H groups in total. The first kappa shape index (κ1) is 9.70. The maximum Gasteiger partial charge on any atom is 0.103 e. The molecule has 0 bridgehead atoms. The van der Waals surface area contributed by atoms with Crippen LogP contribution in [0.3, 0.4) is 0 Å². The van der Waals surface area contributed by atoms with Crippen LogP contribution >= 0.6 is 11.6 Å². The van der Waals surface area contributed by atoms with Crippen LogP contribution in [0, 0.1) is 0 Å². The van der Waals surface area contributed by atoms with E-state index in [1.165, 1.54) is 6.08 Å². The number of alkyl halides is 1. The van der Waals surface area contributed by atoms with Crippen LogP contribution in [0.15, 0.2) is 24.1 Å². The van der Waals surface area contributed by atoms with Gasteiger partial charge in [0.05, 0.1) is 0 Å². The lowest BCUT2D eigenvalue weighted by atomic mass is 10.2. The lowest BCUT2D eigenvalue weighted by Gasteiger charge is -1.96. The van der Waals surface area contributed by atoms with Crippen molar-refractivity contribution in [2.45, 2.75) is 19.8 Å². The Hall–Kier alpha value is -0.300. The fraction of sp³-hybridized carbons (Fsp3) is 0.500. The molecule has 0 aromatic heterocycles. The van der Waals surface area contributed by atoms with Gasteiger partial charge in [-0.15, -0.1) is 11.6 Å². The van der Waals surface area contributed by atoms with E-state index in [2.05, 4.69) is 6.58 Å². The van der Waals surface area contributed by atoms with Gasteiger partial charge < -0.3 is 0 Å². The molecule has 0 spiro atoms. The minimum absolute atomic E-state index is 0.101. The molecule has 58 valence electrons.